The summed E-state index contributed by atoms with van der Waals surface area (Å²) in [6.07, 6.45) is 2.38. The molecule has 4 aromatic rings. The molecule has 0 saturated carbocycles. The molecule has 2 aliphatic heterocycles. The second-order valence-electron chi connectivity index (χ2n) is 11.7. The van der Waals surface area contributed by atoms with Crippen molar-refractivity contribution >= 4 is 40.7 Å². The van der Waals surface area contributed by atoms with Crippen molar-refractivity contribution < 1.29 is 24.0 Å². The zero-order chi connectivity index (χ0) is 33.9. The van der Waals surface area contributed by atoms with E-state index < -0.39 is 5.91 Å². The summed E-state index contributed by atoms with van der Waals surface area (Å²) in [6.45, 7) is 4.08. The number of hydrogen-bond acceptors (Lipinski definition) is 10. The highest BCUT2D eigenvalue weighted by atomic mass is 35.5. The first-order valence-electron chi connectivity index (χ1n) is 15.3. The van der Waals surface area contributed by atoms with E-state index in [1.54, 1.807) is 24.4 Å². The van der Waals surface area contributed by atoms with E-state index >= 15 is 0 Å². The molecule has 2 aromatic heterocycles. The smallest absolute Gasteiger partial charge is 0.291 e. The third-order valence-electron chi connectivity index (χ3n) is 8.59. The fraction of sp³-hybridized carbons (Fsp3) is 0.294. The van der Waals surface area contributed by atoms with Crippen LogP contribution in [-0.4, -0.2) is 70.5 Å². The number of halogens is 1. The quantitative estimate of drug-likeness (QED) is 0.194. The molecule has 1 fully saturated rings. The third kappa shape index (κ3) is 6.55. The predicted molar refractivity (Wildman–Crippen MR) is 180 cm³/mol. The first kappa shape index (κ1) is 32.9. The van der Waals surface area contributed by atoms with Gasteiger partial charge in [0.05, 0.1) is 36.2 Å². The first-order valence-corrected chi connectivity index (χ1v) is 15.7. The maximum atomic E-state index is 13.3. The van der Waals surface area contributed by atoms with Gasteiger partial charge in [-0.3, -0.25) is 24.9 Å². The molecule has 2 amide bonds. The zero-order valence-corrected chi connectivity index (χ0v) is 27.7. The van der Waals surface area contributed by atoms with Gasteiger partial charge in [-0.15, -0.1) is 0 Å². The summed E-state index contributed by atoms with van der Waals surface area (Å²) in [7, 11) is 5.40. The molecule has 248 valence electrons. The standard InChI is InChI=1S/C34H35ClN8O5/c1-19-21(22-8-6-10-24(31(22)35)40-34(46)32-38-26-16-42(2)12-11-29(26)43(32)3)7-5-9-23(19)39-33(45)25-13-30(47-4)20(14-36-25)15-37-28-18-48-41-27(28)17-44/h5-10,13-14,28,37,41H,11-12,15-16,18H2,1-4H3,(H,39,45)(H,40,46)/t28-/m0/s1. The van der Waals surface area contributed by atoms with Gasteiger partial charge in [0, 0.05) is 67.9 Å². The van der Waals surface area contributed by atoms with Crippen LogP contribution in [0.25, 0.3) is 11.1 Å². The van der Waals surface area contributed by atoms with E-state index in [4.69, 9.17) is 21.2 Å². The van der Waals surface area contributed by atoms with Crippen LogP contribution < -0.4 is 26.2 Å². The number of carbonyl (C=O) groups excluding carboxylic acids is 3. The molecule has 6 rings (SSSR count). The number of likely N-dealkylation sites (N-methyl/N-ethyl adjacent to an activating group) is 1. The topological polar surface area (TPSA) is 152 Å². The van der Waals surface area contributed by atoms with E-state index in [-0.39, 0.29) is 29.9 Å². The summed E-state index contributed by atoms with van der Waals surface area (Å²) in [4.78, 5) is 54.0. The van der Waals surface area contributed by atoms with E-state index in [0.717, 1.165) is 35.5 Å². The van der Waals surface area contributed by atoms with Crippen molar-refractivity contribution in [3.05, 3.63) is 93.4 Å². The number of nitrogens with one attached hydrogen (secondary N) is 4. The molecule has 0 aliphatic carbocycles. The summed E-state index contributed by atoms with van der Waals surface area (Å²) in [5.74, 6) is 1.83. The normalized spacial score (nSPS) is 15.8. The number of carbonyl (C=O) groups is 2. The molecule has 0 bridgehead atoms. The molecule has 0 unspecified atom stereocenters. The lowest BCUT2D eigenvalue weighted by atomic mass is 9.98. The molecule has 48 heavy (non-hydrogen) atoms. The number of fused-ring (bicyclic) bond motifs is 1. The van der Waals surface area contributed by atoms with Crippen molar-refractivity contribution in [3.8, 4) is 16.9 Å². The summed E-state index contributed by atoms with van der Waals surface area (Å²) in [5.41, 5.74) is 8.90. The van der Waals surface area contributed by atoms with Crippen LogP contribution in [0.4, 0.5) is 11.4 Å². The van der Waals surface area contributed by atoms with Gasteiger partial charge in [0.2, 0.25) is 0 Å². The second-order valence-corrected chi connectivity index (χ2v) is 12.1. The van der Waals surface area contributed by atoms with Gasteiger partial charge in [0.1, 0.15) is 23.1 Å². The summed E-state index contributed by atoms with van der Waals surface area (Å²) in [5, 5.41) is 9.44. The number of ether oxygens (including phenoxy) is 1. The van der Waals surface area contributed by atoms with Gasteiger partial charge in [-0.05, 0) is 37.2 Å². The highest BCUT2D eigenvalue weighted by Crippen LogP contribution is 2.38. The lowest BCUT2D eigenvalue weighted by Gasteiger charge is -2.21. The Kier molecular flexibility index (Phi) is 9.58. The van der Waals surface area contributed by atoms with Crippen molar-refractivity contribution in [2.75, 3.05) is 37.9 Å². The minimum atomic E-state index is -0.427. The van der Waals surface area contributed by atoms with Gasteiger partial charge in [0.15, 0.2) is 5.82 Å². The molecule has 4 N–H and O–H groups in total. The minimum Gasteiger partial charge on any atom is -0.496 e. The van der Waals surface area contributed by atoms with Crippen LogP contribution in [0, 0.1) is 6.92 Å². The number of pyridine rings is 1. The largest absolute Gasteiger partial charge is 0.496 e. The lowest BCUT2D eigenvalue weighted by molar-refractivity contribution is 0.100. The summed E-state index contributed by atoms with van der Waals surface area (Å²) in [6, 6.07) is 12.2. The predicted octanol–water partition coefficient (Wildman–Crippen LogP) is 3.65. The number of amides is 2. The molecule has 0 radical (unpaired) electrons. The zero-order valence-electron chi connectivity index (χ0n) is 26.9. The number of hydrogen-bond donors (Lipinski definition) is 4. The summed E-state index contributed by atoms with van der Waals surface area (Å²) >= 11 is 6.90. The van der Waals surface area contributed by atoms with Gasteiger partial charge < -0.3 is 30.2 Å². The van der Waals surface area contributed by atoms with E-state index in [9.17, 15) is 14.4 Å². The Bertz CT molecular complexity index is 1950. The number of anilines is 2. The van der Waals surface area contributed by atoms with Gasteiger partial charge in [-0.25, -0.2) is 9.78 Å². The van der Waals surface area contributed by atoms with E-state index in [1.165, 1.54) is 7.11 Å². The molecule has 2 aromatic carbocycles. The van der Waals surface area contributed by atoms with Crippen molar-refractivity contribution in [1.29, 1.82) is 0 Å². The Labute approximate surface area is 282 Å². The molecule has 1 saturated heterocycles. The first-order chi connectivity index (χ1) is 23.2. The number of methoxy groups -OCH3 is 1. The Morgan fingerprint density at radius 2 is 1.88 bits per heavy atom. The molecular weight excluding hydrogens is 636 g/mol. The molecule has 2 aliphatic rings. The maximum Gasteiger partial charge on any atom is 0.291 e. The second kappa shape index (κ2) is 14.0. The monoisotopic (exact) mass is 670 g/mol. The van der Waals surface area contributed by atoms with Crippen LogP contribution in [0.3, 0.4) is 0 Å². The van der Waals surface area contributed by atoms with Crippen molar-refractivity contribution in [2.24, 2.45) is 7.05 Å². The third-order valence-corrected chi connectivity index (χ3v) is 9.00. The van der Waals surface area contributed by atoms with Crippen LogP contribution in [0.1, 0.15) is 43.6 Å². The van der Waals surface area contributed by atoms with Crippen molar-refractivity contribution in [2.45, 2.75) is 32.5 Å². The van der Waals surface area contributed by atoms with Crippen LogP contribution in [0.2, 0.25) is 5.02 Å². The number of imidazole rings is 1. The van der Waals surface area contributed by atoms with Gasteiger partial charge in [0.25, 0.3) is 11.8 Å². The number of rotatable bonds is 9. The molecule has 14 heteroatoms. The Hall–Kier alpha value is -5.04. The maximum absolute atomic E-state index is 13.3. The van der Waals surface area contributed by atoms with Gasteiger partial charge in [-0.1, -0.05) is 35.9 Å². The van der Waals surface area contributed by atoms with E-state index in [2.05, 4.69) is 36.3 Å². The van der Waals surface area contributed by atoms with E-state index in [1.807, 2.05) is 55.8 Å². The highest BCUT2D eigenvalue weighted by Gasteiger charge is 2.26. The molecule has 0 spiro atoms. The molecule has 1 atom stereocenters. The van der Waals surface area contributed by atoms with Crippen molar-refractivity contribution in [1.82, 2.24) is 30.2 Å². The average molecular weight is 671 g/mol. The number of nitrogens with zero attached hydrogens (tertiary/aromatic N) is 4. The van der Waals surface area contributed by atoms with Crippen LogP contribution >= 0.6 is 11.6 Å². The Morgan fingerprint density at radius 1 is 1.12 bits per heavy atom. The number of aromatic nitrogens is 3. The van der Waals surface area contributed by atoms with Crippen molar-refractivity contribution in [3.63, 3.8) is 0 Å². The fourth-order valence-corrected chi connectivity index (χ4v) is 6.16. The van der Waals surface area contributed by atoms with Gasteiger partial charge >= 0.3 is 0 Å². The molecular formula is C34H35ClN8O5. The lowest BCUT2D eigenvalue weighted by Crippen LogP contribution is -2.31. The Morgan fingerprint density at radius 3 is 2.65 bits per heavy atom. The average Bonchev–Trinajstić information content (AvgIpc) is 3.68. The van der Waals surface area contributed by atoms with Crippen LogP contribution in [-0.2, 0) is 36.2 Å². The number of hydroxylamine groups is 1. The fourth-order valence-electron chi connectivity index (χ4n) is 5.88. The highest BCUT2D eigenvalue weighted by molar-refractivity contribution is 6.36. The van der Waals surface area contributed by atoms with Gasteiger partial charge in [-0.2, -0.15) is 0 Å². The summed E-state index contributed by atoms with van der Waals surface area (Å²) < 4.78 is 7.38. The molecule has 4 heterocycles. The SMILES string of the molecule is COc1cc(C(=O)Nc2cccc(-c3cccc(NC(=O)c4nc5c(n4C)CCN(C)C5)c3Cl)c2C)ncc1CN[C@H]1CONC1=C=O. The Balaban J connectivity index is 1.18. The van der Waals surface area contributed by atoms with Crippen LogP contribution in [0.5, 0.6) is 5.75 Å². The molecule has 13 nitrogen and oxygen atoms in total. The van der Waals surface area contributed by atoms with Crippen LogP contribution in [0.15, 0.2) is 54.4 Å². The number of benzene rings is 2. The minimum absolute atomic E-state index is 0.157. The van der Waals surface area contributed by atoms with E-state index in [0.29, 0.717) is 52.2 Å².